The Morgan fingerprint density at radius 3 is 2.08 bits per heavy atom. The van der Waals surface area contributed by atoms with Crippen molar-refractivity contribution >= 4 is 0 Å². The second-order valence-corrected chi connectivity index (χ2v) is 16.1. The summed E-state index contributed by atoms with van der Waals surface area (Å²) in [7, 11) is 0. The first-order valence-electron chi connectivity index (χ1n) is 18.6. The maximum Gasteiger partial charge on any atom is -0.0198 e. The summed E-state index contributed by atoms with van der Waals surface area (Å²) < 4.78 is 0. The van der Waals surface area contributed by atoms with Crippen molar-refractivity contribution in [3.8, 4) is 0 Å². The second kappa shape index (κ2) is 17.1. The lowest BCUT2D eigenvalue weighted by Gasteiger charge is -2.29. The molecule has 0 aromatic rings. The zero-order valence-electron chi connectivity index (χ0n) is 29.9. The molecule has 2 aliphatic rings. The van der Waals surface area contributed by atoms with E-state index in [9.17, 15) is 0 Å². The van der Waals surface area contributed by atoms with Crippen LogP contribution in [0.5, 0.6) is 0 Å². The zero-order valence-corrected chi connectivity index (χ0v) is 29.9. The van der Waals surface area contributed by atoms with Crippen LogP contribution in [0.4, 0.5) is 0 Å². The predicted octanol–water partition coefficient (Wildman–Crippen LogP) is 13.5. The van der Waals surface area contributed by atoms with Gasteiger partial charge in [-0.25, -0.2) is 0 Å². The summed E-state index contributed by atoms with van der Waals surface area (Å²) in [5, 5.41) is 0. The molecule has 2 saturated carbocycles. The molecule has 0 amide bonds. The minimum atomic E-state index is 0.690. The summed E-state index contributed by atoms with van der Waals surface area (Å²) in [5.41, 5.74) is 4.29. The van der Waals surface area contributed by atoms with Gasteiger partial charge in [-0.15, -0.1) is 0 Å². The Hall–Kier alpha value is -0.260. The highest BCUT2D eigenvalue weighted by Gasteiger charge is 2.62. The van der Waals surface area contributed by atoms with Crippen LogP contribution in [0.1, 0.15) is 179 Å². The highest BCUT2D eigenvalue weighted by Crippen LogP contribution is 2.70. The quantitative estimate of drug-likeness (QED) is 0.0918. The van der Waals surface area contributed by atoms with E-state index in [4.69, 9.17) is 0 Å². The van der Waals surface area contributed by atoms with Gasteiger partial charge >= 0.3 is 0 Å². The zero-order chi connectivity index (χ0) is 30.0. The van der Waals surface area contributed by atoms with E-state index in [1.54, 1.807) is 12.0 Å². The third-order valence-electron chi connectivity index (χ3n) is 12.9. The molecule has 0 aliphatic heterocycles. The molecule has 0 N–H and O–H groups in total. The molecule has 2 rings (SSSR count). The van der Waals surface area contributed by atoms with Crippen molar-refractivity contribution in [1.29, 1.82) is 0 Å². The molecule has 10 atom stereocenters. The molecule has 0 heteroatoms. The molecule has 0 heterocycles. The smallest absolute Gasteiger partial charge is 0.0198 e. The number of hydrogen-bond acceptors (Lipinski definition) is 0. The molecular formula is C40H76. The highest BCUT2D eigenvalue weighted by atomic mass is 14.7. The Balaban J connectivity index is 1.88. The molecule has 0 aromatic carbocycles. The maximum absolute atomic E-state index is 2.67. The van der Waals surface area contributed by atoms with Gasteiger partial charge in [0.05, 0.1) is 0 Å². The van der Waals surface area contributed by atoms with Crippen LogP contribution in [0.15, 0.2) is 11.1 Å². The lowest BCUT2D eigenvalue weighted by atomic mass is 9.77. The third kappa shape index (κ3) is 10.2. The average Bonchev–Trinajstić information content (AvgIpc) is 3.84. The van der Waals surface area contributed by atoms with Crippen molar-refractivity contribution in [1.82, 2.24) is 0 Å². The van der Waals surface area contributed by atoms with E-state index in [-0.39, 0.29) is 0 Å². The van der Waals surface area contributed by atoms with Gasteiger partial charge in [0, 0.05) is 0 Å². The third-order valence-corrected chi connectivity index (χ3v) is 12.9. The first kappa shape index (κ1) is 35.9. The molecule has 0 nitrogen and oxygen atoms in total. The highest BCUT2D eigenvalue weighted by molar-refractivity contribution is 5.18. The van der Waals surface area contributed by atoms with Gasteiger partial charge in [0.25, 0.3) is 0 Å². The molecule has 236 valence electrons. The molecule has 0 spiro atoms. The summed E-state index contributed by atoms with van der Waals surface area (Å²) in [6.45, 7) is 29.8. The standard InChI is InChI=1S/C40H76/c1-13-17-18-22-35(24-31(9)28(5)6)37(16-4)33(11)30(8)21-19-23-36-27-40(36,12)39-26-38(39)32(10)25-34(20-14-2)29(7)15-3/h28-32,34-36,38-39H,13-27H2,1-12H3. The van der Waals surface area contributed by atoms with Crippen molar-refractivity contribution < 1.29 is 0 Å². The van der Waals surface area contributed by atoms with Gasteiger partial charge in [0.15, 0.2) is 0 Å². The first-order valence-corrected chi connectivity index (χ1v) is 18.6. The average molecular weight is 557 g/mol. The van der Waals surface area contributed by atoms with Crippen molar-refractivity contribution in [3.05, 3.63) is 11.1 Å². The molecule has 10 unspecified atom stereocenters. The Morgan fingerprint density at radius 1 is 0.800 bits per heavy atom. The van der Waals surface area contributed by atoms with E-state index < -0.39 is 0 Å². The molecule has 0 aromatic heterocycles. The van der Waals surface area contributed by atoms with Crippen molar-refractivity contribution in [3.63, 3.8) is 0 Å². The normalized spacial score (nSPS) is 29.5. The lowest BCUT2D eigenvalue weighted by Crippen LogP contribution is -2.17. The van der Waals surface area contributed by atoms with Crippen molar-refractivity contribution in [2.75, 3.05) is 0 Å². The Labute approximate surface area is 254 Å². The summed E-state index contributed by atoms with van der Waals surface area (Å²) >= 11 is 0. The summed E-state index contributed by atoms with van der Waals surface area (Å²) in [6, 6.07) is 0. The van der Waals surface area contributed by atoms with Gasteiger partial charge in [0.1, 0.15) is 0 Å². The van der Waals surface area contributed by atoms with Crippen LogP contribution in [0.2, 0.25) is 0 Å². The Bertz CT molecular complexity index is 728. The second-order valence-electron chi connectivity index (χ2n) is 16.1. The molecule has 0 radical (unpaired) electrons. The van der Waals surface area contributed by atoms with Crippen LogP contribution in [-0.4, -0.2) is 0 Å². The SMILES string of the molecule is CCCCCC(CC(C)C(C)C)C(CC)=C(C)C(C)CCCC1CC1(C)C1CC1C(C)CC(CCC)C(C)CC. The van der Waals surface area contributed by atoms with Gasteiger partial charge < -0.3 is 0 Å². The van der Waals surface area contributed by atoms with E-state index in [2.05, 4.69) is 83.1 Å². The Kier molecular flexibility index (Phi) is 15.4. The van der Waals surface area contributed by atoms with E-state index in [1.807, 2.05) is 5.57 Å². The van der Waals surface area contributed by atoms with Gasteiger partial charge in [-0.05, 0) is 123 Å². The largest absolute Gasteiger partial charge is 0.0710 e. The number of rotatable bonds is 22. The van der Waals surface area contributed by atoms with E-state index in [1.165, 1.54) is 89.9 Å². The number of allylic oxidation sites excluding steroid dienone is 2. The first-order chi connectivity index (χ1) is 18.9. The molecule has 0 saturated heterocycles. The van der Waals surface area contributed by atoms with Gasteiger partial charge in [-0.2, -0.15) is 0 Å². The van der Waals surface area contributed by atoms with Gasteiger partial charge in [-0.3, -0.25) is 0 Å². The van der Waals surface area contributed by atoms with Crippen LogP contribution in [0.3, 0.4) is 0 Å². The van der Waals surface area contributed by atoms with Crippen molar-refractivity contribution in [2.45, 2.75) is 179 Å². The molecule has 0 bridgehead atoms. The number of unbranched alkanes of at least 4 members (excludes halogenated alkanes) is 2. The van der Waals surface area contributed by atoms with Crippen LogP contribution < -0.4 is 0 Å². The van der Waals surface area contributed by atoms with Crippen LogP contribution in [0.25, 0.3) is 0 Å². The van der Waals surface area contributed by atoms with Crippen molar-refractivity contribution in [2.24, 2.45) is 64.6 Å². The summed E-state index contributed by atoms with van der Waals surface area (Å²) in [4.78, 5) is 0. The van der Waals surface area contributed by atoms with E-state index in [0.717, 1.165) is 59.2 Å². The Morgan fingerprint density at radius 2 is 1.50 bits per heavy atom. The fourth-order valence-electron chi connectivity index (χ4n) is 8.84. The maximum atomic E-state index is 2.67. The minimum Gasteiger partial charge on any atom is -0.0710 e. The molecule has 2 fully saturated rings. The molecule has 40 heavy (non-hydrogen) atoms. The summed E-state index contributed by atoms with van der Waals surface area (Å²) in [6.07, 6.45) is 21.3. The molecule has 2 aliphatic carbocycles. The van der Waals surface area contributed by atoms with Crippen LogP contribution in [-0.2, 0) is 0 Å². The minimum absolute atomic E-state index is 0.690. The van der Waals surface area contributed by atoms with Gasteiger partial charge in [0.2, 0.25) is 0 Å². The molecular weight excluding hydrogens is 480 g/mol. The fourth-order valence-corrected chi connectivity index (χ4v) is 8.84. The van der Waals surface area contributed by atoms with Crippen LogP contribution in [0, 0.1) is 64.6 Å². The summed E-state index contributed by atoms with van der Waals surface area (Å²) in [5.74, 6) is 9.10. The van der Waals surface area contributed by atoms with E-state index >= 15 is 0 Å². The topological polar surface area (TPSA) is 0 Å². The van der Waals surface area contributed by atoms with E-state index in [0.29, 0.717) is 5.41 Å². The monoisotopic (exact) mass is 557 g/mol. The lowest BCUT2D eigenvalue weighted by molar-refractivity contribution is 0.240. The number of hydrogen-bond donors (Lipinski definition) is 0. The fraction of sp³-hybridized carbons (Fsp3) is 0.950. The van der Waals surface area contributed by atoms with Gasteiger partial charge in [-0.1, -0.05) is 132 Å². The van der Waals surface area contributed by atoms with Crippen LogP contribution >= 0.6 is 0 Å². The predicted molar refractivity (Wildman–Crippen MR) is 182 cm³/mol.